The standard InChI is InChI=1S/C26H31N3S.2HI/c1-27-24-14-7-8-15-25(24)30-26(27)16-9-11-21-17-19-28(18-10-20-29(2,3)4)23-13-6-5-12-22(21)23;;/h5-9,12-15,17,19H,10,16,18,20H2,1-4H3;2*1H/q+2;;/p-2. The lowest BCUT2D eigenvalue weighted by Crippen LogP contribution is -3.00. The van der Waals surface area contributed by atoms with Gasteiger partial charge in [-0.3, -0.25) is 0 Å². The number of hydrogen-bond donors (Lipinski definition) is 0. The SMILES string of the molecule is C[n+]1c(CC=C=C2C=CN(CCC[N+](C)(C)C)c3ccccc32)sc2ccccc21.[I-].[I-]. The minimum atomic E-state index is 0. The van der Waals surface area contributed by atoms with Crippen LogP contribution < -0.4 is 57.4 Å². The number of nitrogens with zero attached hydrogens (tertiary/aromatic N) is 3. The maximum atomic E-state index is 3.57. The molecule has 0 aliphatic carbocycles. The minimum Gasteiger partial charge on any atom is -1.00 e. The van der Waals surface area contributed by atoms with Crippen molar-refractivity contribution in [3.05, 3.63) is 83.2 Å². The molecule has 6 heteroatoms. The number of fused-ring (bicyclic) bond motifs is 2. The van der Waals surface area contributed by atoms with E-state index in [1.54, 1.807) is 0 Å². The van der Waals surface area contributed by atoms with Crippen LogP contribution in [0.2, 0.25) is 0 Å². The summed E-state index contributed by atoms with van der Waals surface area (Å²) in [7, 11) is 8.91. The molecule has 3 aromatic rings. The van der Waals surface area contributed by atoms with Crippen LogP contribution in [0.25, 0.3) is 15.8 Å². The van der Waals surface area contributed by atoms with Gasteiger partial charge in [-0.05, 0) is 24.3 Å². The number of para-hydroxylation sites is 2. The van der Waals surface area contributed by atoms with Crippen LogP contribution in [0.15, 0.2) is 72.6 Å². The summed E-state index contributed by atoms with van der Waals surface area (Å²) in [4.78, 5) is 2.38. The van der Waals surface area contributed by atoms with Crippen LogP contribution in [0.4, 0.5) is 5.69 Å². The molecule has 1 aliphatic heterocycles. The topological polar surface area (TPSA) is 7.12 Å². The van der Waals surface area contributed by atoms with E-state index in [1.165, 1.54) is 39.4 Å². The van der Waals surface area contributed by atoms with Crippen molar-refractivity contribution in [1.82, 2.24) is 0 Å². The van der Waals surface area contributed by atoms with Gasteiger partial charge in [0.05, 0.1) is 34.1 Å². The van der Waals surface area contributed by atoms with Crippen molar-refractivity contribution in [2.45, 2.75) is 12.8 Å². The van der Waals surface area contributed by atoms with Gasteiger partial charge in [0.15, 0.2) is 0 Å². The number of aromatic nitrogens is 1. The molecule has 0 N–H and O–H groups in total. The number of thiazole rings is 1. The van der Waals surface area contributed by atoms with Gasteiger partial charge in [0.25, 0.3) is 0 Å². The maximum absolute atomic E-state index is 3.57. The van der Waals surface area contributed by atoms with Crippen LogP contribution in [-0.2, 0) is 13.5 Å². The molecule has 3 nitrogen and oxygen atoms in total. The van der Waals surface area contributed by atoms with Gasteiger partial charge in [-0.1, -0.05) is 41.7 Å². The second kappa shape index (κ2) is 11.8. The third kappa shape index (κ3) is 6.44. The van der Waals surface area contributed by atoms with E-state index in [4.69, 9.17) is 0 Å². The summed E-state index contributed by atoms with van der Waals surface area (Å²) >= 11 is 1.86. The average Bonchev–Trinajstić information content (AvgIpc) is 3.04. The molecule has 1 aliphatic rings. The zero-order valence-electron chi connectivity index (χ0n) is 19.2. The average molecular weight is 671 g/mol. The number of halogens is 2. The normalized spacial score (nSPS) is 12.6. The number of anilines is 1. The van der Waals surface area contributed by atoms with Gasteiger partial charge in [0.2, 0.25) is 10.5 Å². The summed E-state index contributed by atoms with van der Waals surface area (Å²) < 4.78 is 4.63. The van der Waals surface area contributed by atoms with Gasteiger partial charge in [-0.25, -0.2) is 0 Å². The van der Waals surface area contributed by atoms with Crippen molar-refractivity contribution in [2.24, 2.45) is 7.05 Å². The van der Waals surface area contributed by atoms with Crippen molar-refractivity contribution < 1.29 is 57.0 Å². The molecule has 0 radical (unpaired) electrons. The third-order valence-electron chi connectivity index (χ3n) is 5.52. The molecule has 170 valence electrons. The molecule has 0 unspecified atom stereocenters. The summed E-state index contributed by atoms with van der Waals surface area (Å²) in [6.07, 6.45) is 8.65. The zero-order chi connectivity index (χ0) is 21.1. The first-order valence-corrected chi connectivity index (χ1v) is 11.4. The maximum Gasteiger partial charge on any atom is 0.242 e. The fourth-order valence-electron chi connectivity index (χ4n) is 3.90. The van der Waals surface area contributed by atoms with Crippen LogP contribution in [-0.4, -0.2) is 38.7 Å². The summed E-state index contributed by atoms with van der Waals surface area (Å²) in [6.45, 7) is 2.21. The molecular weight excluding hydrogens is 640 g/mol. The number of quaternary nitrogens is 1. The molecule has 0 amide bonds. The molecule has 0 spiro atoms. The second-order valence-electron chi connectivity index (χ2n) is 8.88. The Kier molecular flexibility index (Phi) is 9.97. The smallest absolute Gasteiger partial charge is 0.242 e. The van der Waals surface area contributed by atoms with Gasteiger partial charge in [0.1, 0.15) is 11.7 Å². The van der Waals surface area contributed by atoms with E-state index in [0.717, 1.165) is 23.0 Å². The fraction of sp³-hybridized carbons (Fsp3) is 0.308. The highest BCUT2D eigenvalue weighted by Crippen LogP contribution is 2.32. The molecule has 2 heterocycles. The summed E-state index contributed by atoms with van der Waals surface area (Å²) in [5.74, 6) is 0. The first kappa shape index (κ1) is 27.1. The largest absolute Gasteiger partial charge is 1.00 e. The molecule has 0 saturated carbocycles. The van der Waals surface area contributed by atoms with E-state index in [2.05, 4.69) is 110 Å². The van der Waals surface area contributed by atoms with Gasteiger partial charge < -0.3 is 57.3 Å². The van der Waals surface area contributed by atoms with Crippen molar-refractivity contribution in [3.8, 4) is 0 Å². The van der Waals surface area contributed by atoms with Gasteiger partial charge >= 0.3 is 0 Å². The van der Waals surface area contributed by atoms with Gasteiger partial charge in [-0.15, -0.1) is 5.73 Å². The Balaban J connectivity index is 0.00000181. The first-order valence-electron chi connectivity index (χ1n) is 10.6. The highest BCUT2D eigenvalue weighted by molar-refractivity contribution is 7.18. The van der Waals surface area contributed by atoms with E-state index in [0.29, 0.717) is 0 Å². The lowest BCUT2D eigenvalue weighted by atomic mass is 10.0. The van der Waals surface area contributed by atoms with Crippen LogP contribution in [0, 0.1) is 0 Å². The quantitative estimate of drug-likeness (QED) is 0.141. The van der Waals surface area contributed by atoms with E-state index in [9.17, 15) is 0 Å². The van der Waals surface area contributed by atoms with Crippen molar-refractivity contribution in [1.29, 1.82) is 0 Å². The molecule has 1 aromatic heterocycles. The molecular formula is C26H31I2N3S. The van der Waals surface area contributed by atoms with Gasteiger partial charge in [-0.2, -0.15) is 4.57 Å². The number of hydrogen-bond acceptors (Lipinski definition) is 2. The molecule has 0 bridgehead atoms. The molecule has 0 saturated heterocycles. The fourth-order valence-corrected chi connectivity index (χ4v) is 5.01. The van der Waals surface area contributed by atoms with Crippen molar-refractivity contribution >= 4 is 32.8 Å². The monoisotopic (exact) mass is 671 g/mol. The Morgan fingerprint density at radius 1 is 1.03 bits per heavy atom. The van der Waals surface area contributed by atoms with E-state index >= 15 is 0 Å². The summed E-state index contributed by atoms with van der Waals surface area (Å²) in [5.41, 5.74) is 8.58. The van der Waals surface area contributed by atoms with E-state index in [-0.39, 0.29) is 48.0 Å². The predicted octanol–water partition coefficient (Wildman–Crippen LogP) is -1.05. The van der Waals surface area contributed by atoms with Gasteiger partial charge in [0, 0.05) is 42.1 Å². The number of allylic oxidation sites excluding steroid dienone is 2. The lowest BCUT2D eigenvalue weighted by molar-refractivity contribution is -0.870. The molecule has 2 aromatic carbocycles. The Labute approximate surface area is 230 Å². The number of rotatable bonds is 6. The van der Waals surface area contributed by atoms with Crippen molar-refractivity contribution in [2.75, 3.05) is 39.1 Å². The Morgan fingerprint density at radius 3 is 2.50 bits per heavy atom. The molecule has 32 heavy (non-hydrogen) atoms. The third-order valence-corrected chi connectivity index (χ3v) is 6.76. The Bertz CT molecular complexity index is 1150. The lowest BCUT2D eigenvalue weighted by Gasteiger charge is -2.29. The first-order chi connectivity index (χ1) is 14.4. The predicted molar refractivity (Wildman–Crippen MR) is 129 cm³/mol. The molecule has 4 rings (SSSR count). The van der Waals surface area contributed by atoms with Crippen LogP contribution in [0.5, 0.6) is 0 Å². The molecule has 0 atom stereocenters. The summed E-state index contributed by atoms with van der Waals surface area (Å²) in [6, 6.07) is 17.3. The Morgan fingerprint density at radius 2 is 1.75 bits per heavy atom. The Hall–Kier alpha value is -1.19. The van der Waals surface area contributed by atoms with Crippen LogP contribution in [0.1, 0.15) is 17.0 Å². The zero-order valence-corrected chi connectivity index (χ0v) is 24.3. The number of benzene rings is 2. The number of aryl methyl sites for hydroxylation is 1. The van der Waals surface area contributed by atoms with Crippen LogP contribution in [0.3, 0.4) is 0 Å². The van der Waals surface area contributed by atoms with Crippen LogP contribution >= 0.6 is 11.3 Å². The summed E-state index contributed by atoms with van der Waals surface area (Å²) in [5, 5.41) is 1.35. The van der Waals surface area contributed by atoms with E-state index < -0.39 is 0 Å². The van der Waals surface area contributed by atoms with E-state index in [1.807, 2.05) is 11.3 Å². The highest BCUT2D eigenvalue weighted by Gasteiger charge is 2.17. The van der Waals surface area contributed by atoms with Crippen molar-refractivity contribution in [3.63, 3.8) is 0 Å². The minimum absolute atomic E-state index is 0. The second-order valence-corrected chi connectivity index (χ2v) is 10.00. The molecule has 0 fully saturated rings. The highest BCUT2D eigenvalue weighted by atomic mass is 127.